The molecule has 0 radical (unpaired) electrons. The van der Waals surface area contributed by atoms with Crippen molar-refractivity contribution in [2.45, 2.75) is 32.9 Å². The van der Waals surface area contributed by atoms with Crippen LogP contribution in [0.3, 0.4) is 0 Å². The van der Waals surface area contributed by atoms with Crippen molar-refractivity contribution in [3.63, 3.8) is 0 Å². The number of unbranched alkanes of at least 4 members (excludes halogenated alkanes) is 1. The van der Waals surface area contributed by atoms with Crippen molar-refractivity contribution in [3.05, 3.63) is 0 Å². The zero-order valence-electron chi connectivity index (χ0n) is 9.14. The van der Waals surface area contributed by atoms with Gasteiger partial charge in [-0.1, -0.05) is 20.3 Å². The van der Waals surface area contributed by atoms with Gasteiger partial charge in [-0.25, -0.2) is 0 Å². The van der Waals surface area contributed by atoms with E-state index in [0.29, 0.717) is 13.1 Å². The normalized spacial score (nSPS) is 13.9. The van der Waals surface area contributed by atoms with Crippen molar-refractivity contribution in [2.24, 2.45) is 5.92 Å². The lowest BCUT2D eigenvalue weighted by molar-refractivity contribution is -0.163. The number of hydrogen-bond donors (Lipinski definition) is 0. The molecule has 0 amide bonds. The fraction of sp³-hybridized carbons (Fsp3) is 0.900. The van der Waals surface area contributed by atoms with Crippen LogP contribution < -0.4 is 0 Å². The lowest BCUT2D eigenvalue weighted by Gasteiger charge is -2.23. The molecule has 0 heterocycles. The summed E-state index contributed by atoms with van der Waals surface area (Å²) in [7, 11) is 0. The summed E-state index contributed by atoms with van der Waals surface area (Å²) in [6.45, 7) is 4.76. The van der Waals surface area contributed by atoms with Gasteiger partial charge < -0.3 is 4.90 Å². The first-order chi connectivity index (χ1) is 6.95. The van der Waals surface area contributed by atoms with Crippen molar-refractivity contribution >= 4 is 0 Å². The third-order valence-electron chi connectivity index (χ3n) is 2.27. The standard InChI is InChI=1S/C10H17F3N2/c1-3-5-6-15(4-2)8-9(7-14)10(11,12)13/h9H,3-6,8H2,1-2H3. The van der Waals surface area contributed by atoms with Crippen molar-refractivity contribution in [1.82, 2.24) is 4.90 Å². The van der Waals surface area contributed by atoms with Crippen LogP contribution in [0.5, 0.6) is 0 Å². The molecule has 0 aromatic rings. The summed E-state index contributed by atoms with van der Waals surface area (Å²) in [5, 5.41) is 8.43. The van der Waals surface area contributed by atoms with Crippen molar-refractivity contribution in [1.29, 1.82) is 5.26 Å². The van der Waals surface area contributed by atoms with Crippen LogP contribution >= 0.6 is 0 Å². The molecular formula is C10H17F3N2. The summed E-state index contributed by atoms with van der Waals surface area (Å²) in [5.41, 5.74) is 0. The van der Waals surface area contributed by atoms with Crippen LogP contribution in [0.2, 0.25) is 0 Å². The van der Waals surface area contributed by atoms with E-state index < -0.39 is 12.1 Å². The lowest BCUT2D eigenvalue weighted by atomic mass is 10.1. The highest BCUT2D eigenvalue weighted by Crippen LogP contribution is 2.26. The number of halogens is 3. The van der Waals surface area contributed by atoms with Gasteiger partial charge >= 0.3 is 6.18 Å². The first kappa shape index (κ1) is 14.2. The predicted octanol–water partition coefficient (Wildman–Crippen LogP) is 2.81. The van der Waals surface area contributed by atoms with Crippen LogP contribution in [-0.2, 0) is 0 Å². The van der Waals surface area contributed by atoms with Crippen molar-refractivity contribution in [3.8, 4) is 6.07 Å². The van der Waals surface area contributed by atoms with E-state index in [9.17, 15) is 13.2 Å². The van der Waals surface area contributed by atoms with E-state index in [-0.39, 0.29) is 6.54 Å². The minimum Gasteiger partial charge on any atom is -0.302 e. The van der Waals surface area contributed by atoms with Gasteiger partial charge in [-0.05, 0) is 19.5 Å². The largest absolute Gasteiger partial charge is 0.405 e. The molecule has 88 valence electrons. The van der Waals surface area contributed by atoms with Gasteiger partial charge in [0.1, 0.15) is 0 Å². The Kier molecular flexibility index (Phi) is 6.34. The maximum absolute atomic E-state index is 12.3. The molecule has 0 aromatic heterocycles. The molecule has 0 aliphatic heterocycles. The molecule has 1 atom stereocenters. The Hall–Kier alpha value is -0.760. The molecule has 0 fully saturated rings. The van der Waals surface area contributed by atoms with Gasteiger partial charge in [-0.3, -0.25) is 0 Å². The summed E-state index contributed by atoms with van der Waals surface area (Å²) in [4.78, 5) is 1.67. The van der Waals surface area contributed by atoms with Crippen molar-refractivity contribution < 1.29 is 13.2 Å². The zero-order chi connectivity index (χ0) is 11.9. The Labute approximate surface area is 88.7 Å². The molecule has 0 aliphatic carbocycles. The molecule has 0 rings (SSSR count). The van der Waals surface area contributed by atoms with Gasteiger partial charge in [-0.2, -0.15) is 18.4 Å². The van der Waals surface area contributed by atoms with Crippen LogP contribution in [0.1, 0.15) is 26.7 Å². The second-order valence-electron chi connectivity index (χ2n) is 3.47. The maximum Gasteiger partial charge on any atom is 0.405 e. The van der Waals surface area contributed by atoms with E-state index in [1.165, 1.54) is 6.07 Å². The highest BCUT2D eigenvalue weighted by molar-refractivity contribution is 4.90. The Morgan fingerprint density at radius 3 is 2.27 bits per heavy atom. The SMILES string of the molecule is CCCCN(CC)CC(C#N)C(F)(F)F. The Morgan fingerprint density at radius 2 is 1.93 bits per heavy atom. The summed E-state index contributed by atoms with van der Waals surface area (Å²) in [6.07, 6.45) is -2.60. The number of hydrogen-bond acceptors (Lipinski definition) is 2. The third kappa shape index (κ3) is 5.63. The Morgan fingerprint density at radius 1 is 1.33 bits per heavy atom. The fourth-order valence-corrected chi connectivity index (χ4v) is 1.24. The van der Waals surface area contributed by atoms with E-state index in [1.54, 1.807) is 11.8 Å². The van der Waals surface area contributed by atoms with E-state index in [2.05, 4.69) is 0 Å². The Bertz CT molecular complexity index is 208. The van der Waals surface area contributed by atoms with E-state index in [4.69, 9.17) is 5.26 Å². The maximum atomic E-state index is 12.3. The van der Waals surface area contributed by atoms with Gasteiger partial charge in [0.2, 0.25) is 0 Å². The van der Waals surface area contributed by atoms with E-state index in [1.807, 2.05) is 6.92 Å². The first-order valence-corrected chi connectivity index (χ1v) is 5.14. The average molecular weight is 222 g/mol. The van der Waals surface area contributed by atoms with Gasteiger partial charge in [-0.15, -0.1) is 0 Å². The molecule has 0 spiro atoms. The third-order valence-corrected chi connectivity index (χ3v) is 2.27. The lowest BCUT2D eigenvalue weighted by Crippen LogP contribution is -2.36. The number of nitriles is 1. The number of rotatable bonds is 6. The molecular weight excluding hydrogens is 205 g/mol. The van der Waals surface area contributed by atoms with Gasteiger partial charge in [0.05, 0.1) is 6.07 Å². The highest BCUT2D eigenvalue weighted by atomic mass is 19.4. The topological polar surface area (TPSA) is 27.0 Å². The zero-order valence-corrected chi connectivity index (χ0v) is 9.14. The smallest absolute Gasteiger partial charge is 0.302 e. The number of nitrogens with zero attached hydrogens (tertiary/aromatic N) is 2. The molecule has 0 N–H and O–H groups in total. The summed E-state index contributed by atoms with van der Waals surface area (Å²) >= 11 is 0. The molecule has 2 nitrogen and oxygen atoms in total. The summed E-state index contributed by atoms with van der Waals surface area (Å²) < 4.78 is 36.9. The molecule has 5 heteroatoms. The molecule has 15 heavy (non-hydrogen) atoms. The molecule has 1 unspecified atom stereocenters. The quantitative estimate of drug-likeness (QED) is 0.691. The Balaban J connectivity index is 4.20. The highest BCUT2D eigenvalue weighted by Gasteiger charge is 2.40. The summed E-state index contributed by atoms with van der Waals surface area (Å²) in [5.74, 6) is -1.87. The van der Waals surface area contributed by atoms with Gasteiger partial charge in [0.15, 0.2) is 5.92 Å². The van der Waals surface area contributed by atoms with Crippen LogP contribution in [-0.4, -0.2) is 30.7 Å². The molecule has 0 bridgehead atoms. The fourth-order valence-electron chi connectivity index (χ4n) is 1.24. The molecule has 0 saturated heterocycles. The second kappa shape index (κ2) is 6.67. The minimum atomic E-state index is -4.41. The van der Waals surface area contributed by atoms with Crippen LogP contribution in [0.25, 0.3) is 0 Å². The molecule has 0 aromatic carbocycles. The minimum absolute atomic E-state index is 0.212. The van der Waals surface area contributed by atoms with Crippen LogP contribution in [0.4, 0.5) is 13.2 Å². The monoisotopic (exact) mass is 222 g/mol. The number of alkyl halides is 3. The van der Waals surface area contributed by atoms with E-state index >= 15 is 0 Å². The average Bonchev–Trinajstić information content (AvgIpc) is 2.16. The van der Waals surface area contributed by atoms with Gasteiger partial charge in [0, 0.05) is 6.54 Å². The first-order valence-electron chi connectivity index (χ1n) is 5.14. The second-order valence-corrected chi connectivity index (χ2v) is 3.47. The predicted molar refractivity (Wildman–Crippen MR) is 52.2 cm³/mol. The van der Waals surface area contributed by atoms with Crippen LogP contribution in [0, 0.1) is 17.2 Å². The van der Waals surface area contributed by atoms with E-state index in [0.717, 1.165) is 12.8 Å². The molecule has 0 saturated carbocycles. The molecule has 0 aliphatic rings. The van der Waals surface area contributed by atoms with Gasteiger partial charge in [0.25, 0.3) is 0 Å². The van der Waals surface area contributed by atoms with Crippen LogP contribution in [0.15, 0.2) is 0 Å². The van der Waals surface area contributed by atoms with Crippen molar-refractivity contribution in [2.75, 3.05) is 19.6 Å². The summed E-state index contributed by atoms with van der Waals surface area (Å²) in [6, 6.07) is 1.32.